The molecule has 24 heavy (non-hydrogen) atoms. The van der Waals surface area contributed by atoms with Gasteiger partial charge in [0.25, 0.3) is 0 Å². The van der Waals surface area contributed by atoms with Crippen molar-refractivity contribution in [3.63, 3.8) is 0 Å². The molecule has 0 fully saturated rings. The summed E-state index contributed by atoms with van der Waals surface area (Å²) in [6.07, 6.45) is 6.04. The van der Waals surface area contributed by atoms with E-state index in [1.54, 1.807) is 11.8 Å². The van der Waals surface area contributed by atoms with Crippen molar-refractivity contribution < 1.29 is 71.5 Å². The van der Waals surface area contributed by atoms with Crippen molar-refractivity contribution in [2.45, 2.75) is 71.4 Å². The Labute approximate surface area is 189 Å². The number of rotatable bonds is 14. The quantitative estimate of drug-likeness (QED) is 0.192. The molecule has 0 aliphatic heterocycles. The van der Waals surface area contributed by atoms with Gasteiger partial charge in [-0.15, -0.1) is 5.76 Å². The van der Waals surface area contributed by atoms with Gasteiger partial charge >= 0.3 is 57.4 Å². The van der Waals surface area contributed by atoms with Crippen LogP contribution in [0.25, 0.3) is 0 Å². The Morgan fingerprint density at radius 2 is 1.92 bits per heavy atom. The van der Waals surface area contributed by atoms with Crippen molar-refractivity contribution in [3.05, 3.63) is 12.0 Å². The first-order valence-corrected chi connectivity index (χ1v) is 8.67. The Balaban J connectivity index is 0. The number of nitrogens with one attached hydrogen (secondary N) is 1. The zero-order valence-corrected chi connectivity index (χ0v) is 18.9. The third-order valence-electron chi connectivity index (χ3n) is 3.76. The minimum absolute atomic E-state index is 0. The molecule has 0 aliphatic rings. The van der Waals surface area contributed by atoms with Crippen LogP contribution in [0.1, 0.15) is 59.3 Å². The monoisotopic (exact) mass is 368 g/mol. The maximum atomic E-state index is 11.8. The number of hydrogen-bond donors (Lipinski definition) is 3. The third kappa shape index (κ3) is 13.6. The number of aliphatic hydroxyl groups is 1. The molecule has 136 valence electrons. The molecule has 0 aliphatic carbocycles. The molecule has 0 heterocycles. The van der Waals surface area contributed by atoms with Crippen molar-refractivity contribution in [1.29, 1.82) is 0 Å². The predicted octanol–water partition coefficient (Wildman–Crippen LogP) is -1.70. The van der Waals surface area contributed by atoms with E-state index in [9.17, 15) is 15.0 Å². The Morgan fingerprint density at radius 3 is 2.46 bits per heavy atom. The second-order valence-electron chi connectivity index (χ2n) is 5.95. The largest absolute Gasteiger partial charge is 1.00 e. The van der Waals surface area contributed by atoms with E-state index in [4.69, 9.17) is 5.11 Å². The summed E-state index contributed by atoms with van der Waals surface area (Å²) in [5, 5.41) is 33.9. The van der Waals surface area contributed by atoms with Crippen LogP contribution in [0.4, 0.5) is 0 Å². The molecule has 0 spiro atoms. The minimum Gasteiger partial charge on any atom is -0.874 e. The summed E-state index contributed by atoms with van der Waals surface area (Å²) in [5.41, 5.74) is 0. The number of unbranched alkanes of at least 4 members (excludes halogenated alkanes) is 2. The van der Waals surface area contributed by atoms with Crippen LogP contribution in [-0.2, 0) is 4.79 Å². The van der Waals surface area contributed by atoms with Crippen molar-refractivity contribution >= 4 is 5.97 Å². The maximum Gasteiger partial charge on any atom is 1.00 e. The fourth-order valence-corrected chi connectivity index (χ4v) is 2.13. The molecule has 0 saturated carbocycles. The summed E-state index contributed by atoms with van der Waals surface area (Å²) >= 11 is 0. The van der Waals surface area contributed by atoms with Gasteiger partial charge in [-0.05, 0) is 26.0 Å². The maximum absolute atomic E-state index is 11.8. The SMILES string of the molecule is CCCC/C([O-])=C/N(CCNCC(O)CCCC)C(C)C(=O)O.[K+]. The number of hydrogen-bond acceptors (Lipinski definition) is 5. The summed E-state index contributed by atoms with van der Waals surface area (Å²) in [6.45, 7) is 7.10. The van der Waals surface area contributed by atoms with E-state index < -0.39 is 12.0 Å². The van der Waals surface area contributed by atoms with Gasteiger partial charge in [0.1, 0.15) is 6.04 Å². The molecule has 0 radical (unpaired) electrons. The van der Waals surface area contributed by atoms with Crippen LogP contribution in [-0.4, -0.2) is 52.9 Å². The van der Waals surface area contributed by atoms with Crippen LogP contribution < -0.4 is 61.8 Å². The standard InChI is InChI=1S/C17H34N2O4.K/c1-4-6-8-15(20)12-18-10-11-19(14(3)17(22)23)13-16(21)9-7-5-2;/h13-15,18,20-21H,4-12H2,1-3H3,(H,22,23);/q;+1/p-1/b16-13-;. The van der Waals surface area contributed by atoms with E-state index in [2.05, 4.69) is 12.2 Å². The number of nitrogens with zero attached hydrogens (tertiary/aromatic N) is 1. The summed E-state index contributed by atoms with van der Waals surface area (Å²) in [7, 11) is 0. The molecule has 3 N–H and O–H groups in total. The average Bonchev–Trinajstić information content (AvgIpc) is 2.52. The van der Waals surface area contributed by atoms with Crippen LogP contribution >= 0.6 is 0 Å². The van der Waals surface area contributed by atoms with Gasteiger partial charge in [0.15, 0.2) is 0 Å². The number of carboxylic acids is 1. The fourth-order valence-electron chi connectivity index (χ4n) is 2.13. The first kappa shape index (κ1) is 26.6. The van der Waals surface area contributed by atoms with Gasteiger partial charge in [-0.3, -0.25) is 0 Å². The molecule has 0 saturated heterocycles. The smallest absolute Gasteiger partial charge is 0.874 e. The van der Waals surface area contributed by atoms with Crippen LogP contribution in [0.5, 0.6) is 0 Å². The van der Waals surface area contributed by atoms with E-state index >= 15 is 0 Å². The molecular formula is C17H33KN2O4. The minimum atomic E-state index is -0.951. The number of aliphatic hydroxyl groups excluding tert-OH is 1. The van der Waals surface area contributed by atoms with Gasteiger partial charge in [-0.25, -0.2) is 4.79 Å². The van der Waals surface area contributed by atoms with E-state index in [0.717, 1.165) is 32.1 Å². The zero-order valence-electron chi connectivity index (χ0n) is 15.8. The molecule has 2 unspecified atom stereocenters. The number of carboxylic acid groups (broad SMARTS) is 1. The summed E-state index contributed by atoms with van der Waals surface area (Å²) < 4.78 is 0. The van der Waals surface area contributed by atoms with Gasteiger partial charge in [-0.1, -0.05) is 39.5 Å². The van der Waals surface area contributed by atoms with Crippen molar-refractivity contribution in [3.8, 4) is 0 Å². The van der Waals surface area contributed by atoms with Gasteiger partial charge in [0.05, 0.1) is 6.10 Å². The molecule has 0 rings (SSSR count). The Kier molecular flexibility index (Phi) is 18.6. The molecule has 0 aromatic carbocycles. The molecule has 7 heteroatoms. The van der Waals surface area contributed by atoms with E-state index in [0.29, 0.717) is 26.1 Å². The Morgan fingerprint density at radius 1 is 1.29 bits per heavy atom. The van der Waals surface area contributed by atoms with Gasteiger partial charge in [0.2, 0.25) is 0 Å². The topological polar surface area (TPSA) is 95.9 Å². The molecule has 0 bridgehead atoms. The molecule has 0 amide bonds. The second-order valence-corrected chi connectivity index (χ2v) is 5.95. The molecule has 6 nitrogen and oxygen atoms in total. The first-order valence-electron chi connectivity index (χ1n) is 8.67. The molecular weight excluding hydrogens is 335 g/mol. The third-order valence-corrected chi connectivity index (χ3v) is 3.76. The average molecular weight is 369 g/mol. The van der Waals surface area contributed by atoms with Crippen molar-refractivity contribution in [1.82, 2.24) is 10.2 Å². The van der Waals surface area contributed by atoms with Crippen LogP contribution in [0.2, 0.25) is 0 Å². The first-order chi connectivity index (χ1) is 10.9. The number of aliphatic carboxylic acids is 1. The predicted molar refractivity (Wildman–Crippen MR) is 89.8 cm³/mol. The fraction of sp³-hybridized carbons (Fsp3) is 0.824. The van der Waals surface area contributed by atoms with E-state index in [1.165, 1.54) is 6.20 Å². The Bertz CT molecular complexity index is 353. The second kappa shape index (κ2) is 16.8. The number of allylic oxidation sites excluding steroid dienone is 1. The van der Waals surface area contributed by atoms with Gasteiger partial charge in [0, 0.05) is 19.6 Å². The van der Waals surface area contributed by atoms with Gasteiger partial charge < -0.3 is 25.5 Å². The molecule has 0 aromatic rings. The normalized spacial score (nSPS) is 13.9. The van der Waals surface area contributed by atoms with Crippen LogP contribution in [0.15, 0.2) is 12.0 Å². The summed E-state index contributed by atoms with van der Waals surface area (Å²) in [6, 6.07) is -0.743. The molecule has 0 aromatic heterocycles. The number of carbonyl (C=O) groups is 1. The van der Waals surface area contributed by atoms with Crippen molar-refractivity contribution in [2.24, 2.45) is 0 Å². The van der Waals surface area contributed by atoms with Crippen LogP contribution in [0, 0.1) is 0 Å². The summed E-state index contributed by atoms with van der Waals surface area (Å²) in [4.78, 5) is 12.7. The van der Waals surface area contributed by atoms with Gasteiger partial charge in [-0.2, -0.15) is 0 Å². The van der Waals surface area contributed by atoms with Crippen molar-refractivity contribution in [2.75, 3.05) is 19.6 Å². The van der Waals surface area contributed by atoms with E-state index in [-0.39, 0.29) is 63.2 Å². The van der Waals surface area contributed by atoms with Crippen LogP contribution in [0.3, 0.4) is 0 Å². The summed E-state index contributed by atoms with van der Waals surface area (Å²) in [5.74, 6) is -0.990. The Hall–Kier alpha value is 0.366. The molecule has 2 atom stereocenters. The van der Waals surface area contributed by atoms with E-state index in [1.807, 2.05) is 6.92 Å². The zero-order chi connectivity index (χ0) is 17.7.